The van der Waals surface area contributed by atoms with Gasteiger partial charge in [-0.25, -0.2) is 0 Å². The number of carbonyl (C=O) groups excluding carboxylic acids is 6. The number of nitrogens with zero attached hydrogens (tertiary/aromatic N) is 6. The molecule has 116 heavy (non-hydrogen) atoms. The molecule has 14 heteroatoms. The first-order valence-corrected chi connectivity index (χ1v) is 40.8. The molecule has 0 aromatic heterocycles. The standard InChI is InChI=1S/C36H24N2O2.C34H28N2O2S2.C32H24N2O2/c1-37-33(29-19-21-11-3-5-13-23(21)25-15-7-9-17-27(25)29)31-32(35(37)39)34(38(2)36(31)40)30-20-22-12-4-6-14-24(22)26-16-8-10-18-28(26)30;1-21-5-13-25(14-6-21)39-27-17-9-23(10-18-27)31-29-30(34(38)35(31)3)32(36(4)33(29)37)24-11-19-28(20-12-24)40-26-15-7-22(2)8-16-26;1-33-29(23-15-13-19-11-9-17-5-3-7-21(23)25(17)19)27-28(31(33)35)30(34(2)32(27)36)24-16-14-20-12-10-18-6-4-8-22(24)26(18)20/h3-20H,1-2H3;5-20H,1-4H3;3-8,13-16H,9-12H2,1-2H3. The highest BCUT2D eigenvalue weighted by Gasteiger charge is 2.50. The number of likely N-dealkylation sites (N-methyl/N-ethyl adjacent to an activating group) is 6. The van der Waals surface area contributed by atoms with E-state index in [1.54, 1.807) is 95.2 Å². The summed E-state index contributed by atoms with van der Waals surface area (Å²) < 4.78 is 0. The molecule has 12 nitrogen and oxygen atoms in total. The van der Waals surface area contributed by atoms with E-state index < -0.39 is 0 Å². The van der Waals surface area contributed by atoms with Crippen molar-refractivity contribution in [3.63, 3.8) is 0 Å². The van der Waals surface area contributed by atoms with Gasteiger partial charge in [0, 0.05) is 84.1 Å². The quantitative estimate of drug-likeness (QED) is 0.124. The van der Waals surface area contributed by atoms with Crippen LogP contribution in [-0.2, 0) is 54.5 Å². The Labute approximate surface area is 679 Å². The summed E-state index contributed by atoms with van der Waals surface area (Å²) in [4.78, 5) is 97.5. The monoisotopic (exact) mass is 1540 g/mol. The van der Waals surface area contributed by atoms with E-state index in [9.17, 15) is 28.8 Å². The molecule has 6 aliphatic heterocycles. The van der Waals surface area contributed by atoms with Crippen LogP contribution in [0.5, 0.6) is 0 Å². The maximum absolute atomic E-state index is 14.1. The third kappa shape index (κ3) is 11.2. The summed E-state index contributed by atoms with van der Waals surface area (Å²) in [5, 5.41) is 13.5. The first kappa shape index (κ1) is 71.6. The number of rotatable bonds is 10. The van der Waals surface area contributed by atoms with Crippen LogP contribution in [0.2, 0.25) is 0 Å². The van der Waals surface area contributed by atoms with E-state index in [-0.39, 0.29) is 35.4 Å². The second-order valence-electron chi connectivity index (χ2n) is 31.0. The average molecular weight is 1550 g/mol. The van der Waals surface area contributed by atoms with Gasteiger partial charge in [0.05, 0.1) is 67.6 Å². The predicted octanol–water partition coefficient (Wildman–Crippen LogP) is 20.3. The molecule has 562 valence electrons. The maximum atomic E-state index is 14.1. The molecular weight excluding hydrogens is 1470 g/mol. The normalized spacial score (nSPS) is 16.2. The van der Waals surface area contributed by atoms with E-state index in [1.807, 2.05) is 97.1 Å². The van der Waals surface area contributed by atoms with Crippen LogP contribution in [0.15, 0.2) is 320 Å². The molecule has 6 heterocycles. The number of carbonyl (C=O) groups is 6. The Morgan fingerprint density at radius 3 is 0.828 bits per heavy atom. The Morgan fingerprint density at radius 2 is 0.491 bits per heavy atom. The number of fused-ring (bicyclic) bond motifs is 9. The number of hydrogen-bond donors (Lipinski definition) is 0. The summed E-state index contributed by atoms with van der Waals surface area (Å²) in [6, 6.07) is 91.6. The van der Waals surface area contributed by atoms with Crippen LogP contribution in [0.4, 0.5) is 0 Å². The Hall–Kier alpha value is -13.4. The third-order valence-corrected chi connectivity index (χ3v) is 26.4. The summed E-state index contributed by atoms with van der Waals surface area (Å²) in [6.07, 6.45) is 4.16. The molecule has 0 unspecified atom stereocenters. The summed E-state index contributed by atoms with van der Waals surface area (Å²) in [5.41, 5.74) is 20.3. The highest BCUT2D eigenvalue weighted by atomic mass is 32.2. The zero-order chi connectivity index (χ0) is 79.4. The van der Waals surface area contributed by atoms with E-state index in [2.05, 4.69) is 184 Å². The topological polar surface area (TPSA) is 122 Å². The van der Waals surface area contributed by atoms with E-state index in [0.29, 0.717) is 56.2 Å². The Kier molecular flexibility index (Phi) is 17.1. The maximum Gasteiger partial charge on any atom is 0.261 e. The molecule has 0 saturated heterocycles. The molecule has 0 spiro atoms. The second-order valence-corrected chi connectivity index (χ2v) is 33.3. The summed E-state index contributed by atoms with van der Waals surface area (Å²) in [6.45, 7) is 4.16. The zero-order valence-electron chi connectivity index (χ0n) is 65.2. The van der Waals surface area contributed by atoms with Crippen LogP contribution < -0.4 is 0 Å². The van der Waals surface area contributed by atoms with Crippen molar-refractivity contribution in [3.8, 4) is 0 Å². The van der Waals surface area contributed by atoms with Crippen molar-refractivity contribution >= 4 is 158 Å². The Balaban J connectivity index is 0.000000112. The van der Waals surface area contributed by atoms with Gasteiger partial charge in [0.2, 0.25) is 0 Å². The van der Waals surface area contributed by atoms with E-state index in [0.717, 1.165) is 134 Å². The minimum atomic E-state index is -0.160. The molecule has 14 aromatic carbocycles. The first-order valence-electron chi connectivity index (χ1n) is 39.1. The molecule has 2 aliphatic carbocycles. The molecule has 8 aliphatic rings. The molecule has 14 aromatic rings. The van der Waals surface area contributed by atoms with Crippen molar-refractivity contribution in [2.45, 2.75) is 59.1 Å². The van der Waals surface area contributed by atoms with Crippen LogP contribution in [0, 0.1) is 13.8 Å². The molecule has 0 N–H and O–H groups in total. The molecule has 0 saturated carbocycles. The lowest BCUT2D eigenvalue weighted by Crippen LogP contribution is -2.25. The highest BCUT2D eigenvalue weighted by molar-refractivity contribution is 7.99. The number of hydrogen-bond acceptors (Lipinski definition) is 8. The van der Waals surface area contributed by atoms with Crippen LogP contribution in [0.3, 0.4) is 0 Å². The molecule has 6 amide bonds. The number of aryl methyl sites for hydroxylation is 6. The van der Waals surface area contributed by atoms with Crippen molar-refractivity contribution in [1.29, 1.82) is 0 Å². The van der Waals surface area contributed by atoms with Crippen molar-refractivity contribution in [1.82, 2.24) is 29.4 Å². The first-order chi connectivity index (χ1) is 56.4. The van der Waals surface area contributed by atoms with Crippen molar-refractivity contribution in [3.05, 3.63) is 367 Å². The van der Waals surface area contributed by atoms with Gasteiger partial charge in [-0.1, -0.05) is 241 Å². The van der Waals surface area contributed by atoms with Crippen molar-refractivity contribution < 1.29 is 28.8 Å². The van der Waals surface area contributed by atoms with Crippen LogP contribution in [0.25, 0.3) is 98.8 Å². The SMILES string of the molecule is CN1C(=O)C2=C(c3cc4ccccc4c4ccccc34)N(C)C(=O)C2=C1c1cc2ccccc2c2ccccc12.CN1C(=O)C2=C(c3ccc4c5c(cccc35)CC4)N(C)C(=O)C2=C1c1ccc2c3c(cccc13)CC2.Cc1ccc(Sc2ccc(C3=C4C(=O)N(C)C(c5ccc(Sc6ccc(C)cc6)cc5)=C4C(=O)N3C)cc2)cc1. The summed E-state index contributed by atoms with van der Waals surface area (Å²) >= 11 is 3.37. The Bertz CT molecular complexity index is 6570. The van der Waals surface area contributed by atoms with Crippen LogP contribution in [0.1, 0.15) is 66.8 Å². The van der Waals surface area contributed by atoms with Gasteiger partial charge in [0.15, 0.2) is 0 Å². The molecule has 0 bridgehead atoms. The zero-order valence-corrected chi connectivity index (χ0v) is 66.8. The molecule has 0 fully saturated rings. The van der Waals surface area contributed by atoms with Gasteiger partial charge in [-0.2, -0.15) is 0 Å². The fourth-order valence-corrected chi connectivity index (χ4v) is 20.4. The van der Waals surface area contributed by atoms with Gasteiger partial charge in [0.25, 0.3) is 35.4 Å². The minimum absolute atomic E-state index is 0.112. The average Bonchev–Trinajstić information content (AvgIpc) is 1.55. The van der Waals surface area contributed by atoms with Crippen LogP contribution in [-0.4, -0.2) is 107 Å². The van der Waals surface area contributed by atoms with Crippen molar-refractivity contribution in [2.75, 3.05) is 42.3 Å². The van der Waals surface area contributed by atoms with E-state index in [1.165, 1.54) is 53.9 Å². The lowest BCUT2D eigenvalue weighted by molar-refractivity contribution is -0.123. The number of amides is 6. The lowest BCUT2D eigenvalue weighted by Gasteiger charge is -2.22. The van der Waals surface area contributed by atoms with Gasteiger partial charge >= 0.3 is 0 Å². The molecule has 0 atom stereocenters. The smallest absolute Gasteiger partial charge is 0.261 e. The number of benzene rings is 14. The second kappa shape index (κ2) is 27.7. The largest absolute Gasteiger partial charge is 0.310 e. The van der Waals surface area contributed by atoms with Gasteiger partial charge < -0.3 is 29.4 Å². The summed E-state index contributed by atoms with van der Waals surface area (Å²) in [5.74, 6) is -0.861. The van der Waals surface area contributed by atoms with Gasteiger partial charge in [-0.15, -0.1) is 0 Å². The molecule has 0 radical (unpaired) electrons. The van der Waals surface area contributed by atoms with E-state index in [4.69, 9.17) is 0 Å². The third-order valence-electron chi connectivity index (χ3n) is 24.4. The molecule has 22 rings (SSSR count). The fourth-order valence-electron chi connectivity index (χ4n) is 18.8. The molecular formula is C102H76N6O6S2. The van der Waals surface area contributed by atoms with Gasteiger partial charge in [-0.3, -0.25) is 28.8 Å². The lowest BCUT2D eigenvalue weighted by atomic mass is 9.92. The minimum Gasteiger partial charge on any atom is -0.310 e. The highest BCUT2D eigenvalue weighted by Crippen LogP contribution is 2.53. The van der Waals surface area contributed by atoms with E-state index >= 15 is 0 Å². The predicted molar refractivity (Wildman–Crippen MR) is 467 cm³/mol. The fraction of sp³-hybridized carbons (Fsp3) is 0.118. The van der Waals surface area contributed by atoms with Gasteiger partial charge in [-0.05, 0) is 198 Å². The van der Waals surface area contributed by atoms with Gasteiger partial charge in [0.1, 0.15) is 0 Å². The Morgan fingerprint density at radius 1 is 0.233 bits per heavy atom. The van der Waals surface area contributed by atoms with Crippen molar-refractivity contribution in [2.24, 2.45) is 0 Å². The van der Waals surface area contributed by atoms with Crippen LogP contribution >= 0.6 is 23.5 Å². The summed E-state index contributed by atoms with van der Waals surface area (Å²) in [7, 11) is 10.7.